The second-order valence-electron chi connectivity index (χ2n) is 3.72. The fraction of sp³-hybridized carbons (Fsp3) is 0.889. The molecule has 0 aromatic carbocycles. The molecule has 2 N–H and O–H groups in total. The zero-order chi connectivity index (χ0) is 9.14. The van der Waals surface area contributed by atoms with Crippen molar-refractivity contribution >= 4 is 6.29 Å². The summed E-state index contributed by atoms with van der Waals surface area (Å²) < 4.78 is 0. The normalized spacial score (nSPS) is 33.6. The SMILES string of the molecule is CC1CCN(C(C)CN)C1C=O. The highest BCUT2D eigenvalue weighted by Gasteiger charge is 2.32. The number of carbonyl (C=O) groups excluding carboxylic acids is 1. The maximum absolute atomic E-state index is 10.8. The number of hydrogen-bond donors (Lipinski definition) is 1. The van der Waals surface area contributed by atoms with Crippen molar-refractivity contribution in [2.75, 3.05) is 13.1 Å². The van der Waals surface area contributed by atoms with Crippen LogP contribution in [-0.2, 0) is 4.79 Å². The molecule has 1 saturated heterocycles. The lowest BCUT2D eigenvalue weighted by atomic mass is 10.0. The first-order valence-electron chi connectivity index (χ1n) is 4.61. The smallest absolute Gasteiger partial charge is 0.137 e. The average Bonchev–Trinajstić information content (AvgIpc) is 2.45. The molecule has 3 nitrogen and oxygen atoms in total. The summed E-state index contributed by atoms with van der Waals surface area (Å²) in [6, 6.07) is 0.439. The number of aldehydes is 1. The maximum Gasteiger partial charge on any atom is 0.137 e. The second kappa shape index (κ2) is 4.01. The molecule has 1 aliphatic rings. The largest absolute Gasteiger partial charge is 0.329 e. The summed E-state index contributed by atoms with van der Waals surface area (Å²) in [5.74, 6) is 0.497. The van der Waals surface area contributed by atoms with E-state index in [1.807, 2.05) is 0 Å². The quantitative estimate of drug-likeness (QED) is 0.617. The Morgan fingerprint density at radius 2 is 2.42 bits per heavy atom. The fourth-order valence-electron chi connectivity index (χ4n) is 1.86. The topological polar surface area (TPSA) is 46.3 Å². The Bertz CT molecular complexity index is 161. The van der Waals surface area contributed by atoms with Crippen LogP contribution in [-0.4, -0.2) is 36.4 Å². The van der Waals surface area contributed by atoms with Crippen LogP contribution < -0.4 is 5.73 Å². The van der Waals surface area contributed by atoms with Crippen molar-refractivity contribution in [3.63, 3.8) is 0 Å². The predicted molar refractivity (Wildman–Crippen MR) is 48.9 cm³/mol. The molecule has 1 heterocycles. The van der Waals surface area contributed by atoms with Crippen LogP contribution in [0.4, 0.5) is 0 Å². The van der Waals surface area contributed by atoms with Gasteiger partial charge in [-0.05, 0) is 25.8 Å². The number of nitrogens with two attached hydrogens (primary N) is 1. The third kappa shape index (κ3) is 1.67. The molecule has 0 saturated carbocycles. The molecule has 0 aromatic heterocycles. The zero-order valence-corrected chi connectivity index (χ0v) is 7.86. The van der Waals surface area contributed by atoms with E-state index >= 15 is 0 Å². The van der Waals surface area contributed by atoms with Gasteiger partial charge in [-0.3, -0.25) is 4.90 Å². The standard InChI is InChI=1S/C9H18N2O/c1-7-3-4-11(8(2)5-10)9(7)6-12/h6-9H,3-5,10H2,1-2H3. The third-order valence-corrected chi connectivity index (χ3v) is 2.86. The van der Waals surface area contributed by atoms with Crippen molar-refractivity contribution in [2.24, 2.45) is 11.7 Å². The molecule has 3 atom stereocenters. The van der Waals surface area contributed by atoms with Gasteiger partial charge in [-0.1, -0.05) is 6.92 Å². The number of nitrogens with zero attached hydrogens (tertiary/aromatic N) is 1. The number of likely N-dealkylation sites (tertiary alicyclic amines) is 1. The van der Waals surface area contributed by atoms with Gasteiger partial charge >= 0.3 is 0 Å². The highest BCUT2D eigenvalue weighted by Crippen LogP contribution is 2.23. The summed E-state index contributed by atoms with van der Waals surface area (Å²) >= 11 is 0. The Labute approximate surface area is 73.9 Å². The molecule has 70 valence electrons. The summed E-state index contributed by atoms with van der Waals surface area (Å²) in [7, 11) is 0. The summed E-state index contributed by atoms with van der Waals surface area (Å²) in [5.41, 5.74) is 5.56. The van der Waals surface area contributed by atoms with Gasteiger partial charge < -0.3 is 10.5 Å². The monoisotopic (exact) mass is 170 g/mol. The van der Waals surface area contributed by atoms with Crippen LogP contribution >= 0.6 is 0 Å². The summed E-state index contributed by atoms with van der Waals surface area (Å²) in [5, 5.41) is 0. The Balaban J connectivity index is 2.59. The molecular formula is C9H18N2O. The van der Waals surface area contributed by atoms with E-state index in [9.17, 15) is 4.79 Å². The Hall–Kier alpha value is -0.410. The second-order valence-corrected chi connectivity index (χ2v) is 3.72. The number of rotatable bonds is 3. The van der Waals surface area contributed by atoms with Gasteiger partial charge in [-0.2, -0.15) is 0 Å². The molecule has 1 aliphatic heterocycles. The van der Waals surface area contributed by atoms with Crippen LogP contribution in [0, 0.1) is 5.92 Å². The molecule has 0 radical (unpaired) electrons. The van der Waals surface area contributed by atoms with E-state index in [4.69, 9.17) is 5.73 Å². The van der Waals surface area contributed by atoms with E-state index in [-0.39, 0.29) is 6.04 Å². The lowest BCUT2D eigenvalue weighted by Crippen LogP contribution is -2.43. The molecule has 0 aromatic rings. The minimum atomic E-state index is 0.101. The van der Waals surface area contributed by atoms with E-state index in [1.54, 1.807) is 0 Å². The van der Waals surface area contributed by atoms with Crippen molar-refractivity contribution in [2.45, 2.75) is 32.4 Å². The van der Waals surface area contributed by atoms with E-state index in [2.05, 4.69) is 18.7 Å². The summed E-state index contributed by atoms with van der Waals surface area (Å²) in [6.07, 6.45) is 2.18. The zero-order valence-electron chi connectivity index (χ0n) is 7.86. The molecule has 0 bridgehead atoms. The van der Waals surface area contributed by atoms with Crippen LogP contribution in [0.1, 0.15) is 20.3 Å². The average molecular weight is 170 g/mol. The minimum absolute atomic E-state index is 0.101. The van der Waals surface area contributed by atoms with Crippen LogP contribution in [0.25, 0.3) is 0 Å². The van der Waals surface area contributed by atoms with Gasteiger partial charge in [0.25, 0.3) is 0 Å². The Kier molecular flexibility index (Phi) is 3.23. The number of carbonyl (C=O) groups is 1. The molecule has 3 heteroatoms. The predicted octanol–water partition coefficient (Wildman–Crippen LogP) is 0.243. The Morgan fingerprint density at radius 3 is 2.92 bits per heavy atom. The van der Waals surface area contributed by atoms with Gasteiger partial charge in [0.05, 0.1) is 6.04 Å². The molecule has 1 rings (SSSR count). The van der Waals surface area contributed by atoms with Crippen LogP contribution in [0.15, 0.2) is 0 Å². The Morgan fingerprint density at radius 1 is 1.75 bits per heavy atom. The lowest BCUT2D eigenvalue weighted by Gasteiger charge is -2.27. The summed E-state index contributed by atoms with van der Waals surface area (Å²) in [4.78, 5) is 13.0. The first-order chi connectivity index (χ1) is 5.70. The van der Waals surface area contributed by atoms with Gasteiger partial charge in [0.1, 0.15) is 6.29 Å². The van der Waals surface area contributed by atoms with Crippen LogP contribution in [0.5, 0.6) is 0 Å². The molecular weight excluding hydrogens is 152 g/mol. The first-order valence-corrected chi connectivity index (χ1v) is 4.61. The van der Waals surface area contributed by atoms with Crippen molar-refractivity contribution < 1.29 is 4.79 Å². The van der Waals surface area contributed by atoms with Gasteiger partial charge in [-0.15, -0.1) is 0 Å². The lowest BCUT2D eigenvalue weighted by molar-refractivity contribution is -0.112. The first kappa shape index (κ1) is 9.68. The van der Waals surface area contributed by atoms with Crippen molar-refractivity contribution in [3.8, 4) is 0 Å². The molecule has 0 aliphatic carbocycles. The van der Waals surface area contributed by atoms with E-state index < -0.39 is 0 Å². The maximum atomic E-state index is 10.8. The van der Waals surface area contributed by atoms with Crippen molar-refractivity contribution in [1.82, 2.24) is 4.90 Å². The fourth-order valence-corrected chi connectivity index (χ4v) is 1.86. The van der Waals surface area contributed by atoms with Crippen molar-refractivity contribution in [3.05, 3.63) is 0 Å². The van der Waals surface area contributed by atoms with Gasteiger partial charge in [0, 0.05) is 12.6 Å². The van der Waals surface area contributed by atoms with E-state index in [1.165, 1.54) is 0 Å². The molecule has 3 unspecified atom stereocenters. The third-order valence-electron chi connectivity index (χ3n) is 2.86. The van der Waals surface area contributed by atoms with E-state index in [0.717, 1.165) is 19.3 Å². The van der Waals surface area contributed by atoms with E-state index in [0.29, 0.717) is 18.5 Å². The van der Waals surface area contributed by atoms with Crippen LogP contribution in [0.2, 0.25) is 0 Å². The highest BCUT2D eigenvalue weighted by molar-refractivity contribution is 5.58. The van der Waals surface area contributed by atoms with Gasteiger partial charge in [0.2, 0.25) is 0 Å². The molecule has 12 heavy (non-hydrogen) atoms. The van der Waals surface area contributed by atoms with Gasteiger partial charge in [-0.25, -0.2) is 0 Å². The molecule has 0 spiro atoms. The molecule has 0 amide bonds. The van der Waals surface area contributed by atoms with Crippen LogP contribution in [0.3, 0.4) is 0 Å². The van der Waals surface area contributed by atoms with Crippen molar-refractivity contribution in [1.29, 1.82) is 0 Å². The number of hydrogen-bond acceptors (Lipinski definition) is 3. The minimum Gasteiger partial charge on any atom is -0.329 e. The summed E-state index contributed by atoms with van der Waals surface area (Å²) in [6.45, 7) is 5.86. The van der Waals surface area contributed by atoms with Gasteiger partial charge in [0.15, 0.2) is 0 Å². The molecule has 1 fully saturated rings. The highest BCUT2D eigenvalue weighted by atomic mass is 16.1.